The topological polar surface area (TPSA) is 32.5 Å². The lowest BCUT2D eigenvalue weighted by Crippen LogP contribution is -2.39. The molecule has 1 aliphatic heterocycles. The fourth-order valence-corrected chi connectivity index (χ4v) is 2.65. The van der Waals surface area contributed by atoms with Gasteiger partial charge in [-0.1, -0.05) is 24.3 Å². The average molecular weight is 215 g/mol. The van der Waals surface area contributed by atoms with Gasteiger partial charge in [0.15, 0.2) is 0 Å². The summed E-state index contributed by atoms with van der Waals surface area (Å²) in [7, 11) is 0. The Morgan fingerprint density at radius 3 is 2.69 bits per heavy atom. The Balaban J connectivity index is 1.76. The van der Waals surface area contributed by atoms with Gasteiger partial charge in [-0.2, -0.15) is 0 Å². The molecule has 2 N–H and O–H groups in total. The highest BCUT2D eigenvalue weighted by atomic mass is 15.5. The first-order valence-electron chi connectivity index (χ1n) is 5.85. The van der Waals surface area contributed by atoms with Crippen molar-refractivity contribution >= 4 is 0 Å². The molecule has 0 unspecified atom stereocenters. The highest BCUT2D eigenvalue weighted by Gasteiger charge is 2.24. The zero-order valence-corrected chi connectivity index (χ0v) is 9.34. The molecule has 16 heavy (non-hydrogen) atoms. The average Bonchev–Trinajstić information content (AvgIpc) is 2.75. The molecule has 1 atom stereocenters. The van der Waals surface area contributed by atoms with Crippen LogP contribution in [0.5, 0.6) is 0 Å². The molecule has 2 aliphatic rings. The number of nitrogens with zero attached hydrogens (tertiary/aromatic N) is 2. The molecule has 0 saturated heterocycles. The number of hydrogen-bond donors (Lipinski definition) is 1. The second-order valence-electron chi connectivity index (χ2n) is 4.63. The molecule has 1 heterocycles. The van der Waals surface area contributed by atoms with Crippen LogP contribution >= 0.6 is 0 Å². The Morgan fingerprint density at radius 1 is 1.12 bits per heavy atom. The predicted molar refractivity (Wildman–Crippen MR) is 64.1 cm³/mol. The van der Waals surface area contributed by atoms with E-state index >= 15 is 0 Å². The van der Waals surface area contributed by atoms with Crippen molar-refractivity contribution in [3.63, 3.8) is 0 Å². The summed E-state index contributed by atoms with van der Waals surface area (Å²) in [6.07, 6.45) is 7.62. The minimum atomic E-state index is 0.611. The Kier molecular flexibility index (Phi) is 2.33. The summed E-state index contributed by atoms with van der Waals surface area (Å²) < 4.78 is 0. The Labute approximate surface area is 96.1 Å². The zero-order valence-electron chi connectivity index (χ0n) is 9.34. The van der Waals surface area contributed by atoms with Gasteiger partial charge in [-0.25, -0.2) is 5.84 Å². The van der Waals surface area contributed by atoms with Gasteiger partial charge >= 0.3 is 0 Å². The van der Waals surface area contributed by atoms with Gasteiger partial charge in [0.1, 0.15) is 6.67 Å². The van der Waals surface area contributed by atoms with E-state index in [2.05, 4.69) is 35.4 Å². The molecule has 1 aromatic rings. The standard InChI is InChI=1S/C13H17N3/c14-16-8-7-15(10-16)13-6-5-11-3-1-2-4-12(11)9-13/h1-4,7-8,13H,5-6,9-10,14H2/t13-/m0/s1. The molecule has 1 aliphatic carbocycles. The smallest absolute Gasteiger partial charge is 0.104 e. The number of aryl methyl sites for hydroxylation is 1. The van der Waals surface area contributed by atoms with Crippen LogP contribution in [0.15, 0.2) is 36.7 Å². The maximum Gasteiger partial charge on any atom is 0.104 e. The van der Waals surface area contributed by atoms with Crippen LogP contribution < -0.4 is 5.84 Å². The number of rotatable bonds is 1. The van der Waals surface area contributed by atoms with E-state index in [0.29, 0.717) is 6.04 Å². The van der Waals surface area contributed by atoms with Crippen LogP contribution in [-0.4, -0.2) is 22.6 Å². The second kappa shape index (κ2) is 3.83. The van der Waals surface area contributed by atoms with Gasteiger partial charge in [0.25, 0.3) is 0 Å². The van der Waals surface area contributed by atoms with Crippen LogP contribution in [0.2, 0.25) is 0 Å². The SMILES string of the molecule is NN1C=CN([C@H]2CCc3ccccc3C2)C1. The van der Waals surface area contributed by atoms with Crippen molar-refractivity contribution in [2.45, 2.75) is 25.3 Å². The molecule has 0 spiro atoms. The Bertz CT molecular complexity index is 413. The minimum absolute atomic E-state index is 0.611. The van der Waals surface area contributed by atoms with Crippen LogP contribution in [0.4, 0.5) is 0 Å². The third kappa shape index (κ3) is 1.67. The predicted octanol–water partition coefficient (Wildman–Crippen LogP) is 1.46. The molecule has 0 bridgehead atoms. The number of hydrazine groups is 1. The van der Waals surface area contributed by atoms with Crippen LogP contribution in [0, 0.1) is 0 Å². The van der Waals surface area contributed by atoms with Crippen LogP contribution in [-0.2, 0) is 12.8 Å². The molecule has 0 saturated carbocycles. The Morgan fingerprint density at radius 2 is 1.94 bits per heavy atom. The van der Waals surface area contributed by atoms with Gasteiger partial charge in [-0.15, -0.1) is 0 Å². The van der Waals surface area contributed by atoms with Gasteiger partial charge in [-0.05, 0) is 30.4 Å². The van der Waals surface area contributed by atoms with Crippen LogP contribution in [0.1, 0.15) is 17.5 Å². The molecule has 0 radical (unpaired) electrons. The normalized spacial score (nSPS) is 23.7. The maximum atomic E-state index is 5.73. The van der Waals surface area contributed by atoms with Crippen molar-refractivity contribution in [1.82, 2.24) is 9.91 Å². The number of hydrogen-bond acceptors (Lipinski definition) is 3. The van der Waals surface area contributed by atoms with Crippen molar-refractivity contribution in [1.29, 1.82) is 0 Å². The summed E-state index contributed by atoms with van der Waals surface area (Å²) in [5, 5.41) is 1.74. The van der Waals surface area contributed by atoms with Crippen molar-refractivity contribution in [2.24, 2.45) is 5.84 Å². The molecular weight excluding hydrogens is 198 g/mol. The van der Waals surface area contributed by atoms with E-state index in [9.17, 15) is 0 Å². The number of nitrogens with two attached hydrogens (primary N) is 1. The molecule has 3 rings (SSSR count). The summed E-state index contributed by atoms with van der Waals surface area (Å²) in [6, 6.07) is 9.38. The molecule has 0 amide bonds. The quantitative estimate of drug-likeness (QED) is 0.720. The van der Waals surface area contributed by atoms with Crippen molar-refractivity contribution < 1.29 is 0 Å². The second-order valence-corrected chi connectivity index (χ2v) is 4.63. The van der Waals surface area contributed by atoms with E-state index < -0.39 is 0 Å². The summed E-state index contributed by atoms with van der Waals surface area (Å²) in [4.78, 5) is 2.34. The van der Waals surface area contributed by atoms with E-state index in [-0.39, 0.29) is 0 Å². The van der Waals surface area contributed by atoms with E-state index in [0.717, 1.165) is 13.1 Å². The fourth-order valence-electron chi connectivity index (χ4n) is 2.65. The molecule has 1 aromatic carbocycles. The highest BCUT2D eigenvalue weighted by molar-refractivity contribution is 5.30. The van der Waals surface area contributed by atoms with E-state index in [4.69, 9.17) is 5.84 Å². The van der Waals surface area contributed by atoms with Gasteiger partial charge in [0, 0.05) is 18.4 Å². The van der Waals surface area contributed by atoms with Gasteiger partial charge in [0.05, 0.1) is 0 Å². The fraction of sp³-hybridized carbons (Fsp3) is 0.385. The molecule has 84 valence electrons. The van der Waals surface area contributed by atoms with Crippen molar-refractivity contribution in [3.8, 4) is 0 Å². The first kappa shape index (κ1) is 9.73. The molecule has 0 aromatic heterocycles. The summed E-state index contributed by atoms with van der Waals surface area (Å²) in [5.41, 5.74) is 3.02. The lowest BCUT2D eigenvalue weighted by atomic mass is 9.88. The first-order valence-corrected chi connectivity index (χ1v) is 5.85. The number of fused-ring (bicyclic) bond motifs is 1. The largest absolute Gasteiger partial charge is 0.354 e. The monoisotopic (exact) mass is 215 g/mol. The molecule has 3 nitrogen and oxygen atoms in total. The van der Waals surface area contributed by atoms with Crippen LogP contribution in [0.3, 0.4) is 0 Å². The lowest BCUT2D eigenvalue weighted by Gasteiger charge is -2.32. The van der Waals surface area contributed by atoms with Gasteiger partial charge in [0.2, 0.25) is 0 Å². The maximum absolute atomic E-state index is 5.73. The van der Waals surface area contributed by atoms with Gasteiger partial charge in [-0.3, -0.25) is 5.01 Å². The molecular formula is C13H17N3. The van der Waals surface area contributed by atoms with E-state index in [1.165, 1.54) is 24.0 Å². The molecule has 0 fully saturated rings. The zero-order chi connectivity index (χ0) is 11.0. The minimum Gasteiger partial charge on any atom is -0.354 e. The third-order valence-electron chi connectivity index (χ3n) is 3.57. The van der Waals surface area contributed by atoms with Crippen LogP contribution in [0.25, 0.3) is 0 Å². The van der Waals surface area contributed by atoms with Crippen molar-refractivity contribution in [3.05, 3.63) is 47.8 Å². The van der Waals surface area contributed by atoms with E-state index in [1.807, 2.05) is 6.20 Å². The summed E-state index contributed by atoms with van der Waals surface area (Å²) in [5.74, 6) is 5.73. The Hall–Kier alpha value is -1.48. The lowest BCUT2D eigenvalue weighted by molar-refractivity contribution is 0.199. The third-order valence-corrected chi connectivity index (χ3v) is 3.57. The first-order chi connectivity index (χ1) is 7.83. The highest BCUT2D eigenvalue weighted by Crippen LogP contribution is 2.25. The van der Waals surface area contributed by atoms with Gasteiger partial charge < -0.3 is 4.90 Å². The summed E-state index contributed by atoms with van der Waals surface area (Å²) in [6.45, 7) is 0.826. The van der Waals surface area contributed by atoms with Crippen molar-refractivity contribution in [2.75, 3.05) is 6.67 Å². The summed E-state index contributed by atoms with van der Waals surface area (Å²) >= 11 is 0. The molecule has 3 heteroatoms. The van der Waals surface area contributed by atoms with E-state index in [1.54, 1.807) is 5.01 Å². The number of benzene rings is 1.